The van der Waals surface area contributed by atoms with Crippen LogP contribution in [0.25, 0.3) is 22.8 Å². The average molecular weight is 879 g/mol. The van der Waals surface area contributed by atoms with E-state index >= 15 is 0 Å². The molecular weight excluding hydrogens is 839 g/mol. The standard InChI is InChI=1S/C22H20FN5O5.C21H20FN5O4/c1-11(19(24)29)26-18-10-16(20(25)30)27-21(28-18)12-3-8-17(15(9-12)22(31)32-2)33-14-6-4-13(23)5-7-14;1-11(19(23)29)25-18-9-16(20(24)30)26-21(27-18)12-2-7-17(13(8-12)10-28)31-15-5-3-14(22)4-6-15/h3-11H,1-2H3,(H2,24,29)(H2,25,30)(H,26,27,28);2-9,11,28H,10H2,1H3,(H2,23,29)(H2,24,30)(H,25,26,27)/t2*11-/m00/s1. The maximum atomic E-state index is 13.2. The lowest BCUT2D eigenvalue weighted by Crippen LogP contribution is -2.33. The van der Waals surface area contributed by atoms with Gasteiger partial charge in [0, 0.05) is 28.8 Å². The van der Waals surface area contributed by atoms with E-state index in [-0.39, 0.29) is 52.6 Å². The number of benzene rings is 4. The first kappa shape index (κ1) is 46.5. The predicted molar refractivity (Wildman–Crippen MR) is 227 cm³/mol. The van der Waals surface area contributed by atoms with E-state index in [2.05, 4.69) is 30.6 Å². The largest absolute Gasteiger partial charge is 0.465 e. The zero-order valence-corrected chi connectivity index (χ0v) is 34.2. The molecule has 0 fully saturated rings. The summed E-state index contributed by atoms with van der Waals surface area (Å²) in [6, 6.07) is 21.0. The highest BCUT2D eigenvalue weighted by molar-refractivity contribution is 5.95. The molecule has 330 valence electrons. The van der Waals surface area contributed by atoms with E-state index in [4.69, 9.17) is 37.1 Å². The Morgan fingerprint density at radius 3 is 1.44 bits per heavy atom. The minimum atomic E-state index is -0.821. The Morgan fingerprint density at radius 2 is 1.03 bits per heavy atom. The van der Waals surface area contributed by atoms with Gasteiger partial charge in [0.15, 0.2) is 11.6 Å². The third-order valence-electron chi connectivity index (χ3n) is 8.75. The normalized spacial score (nSPS) is 11.5. The number of primary amides is 4. The Kier molecular flexibility index (Phi) is 15.1. The van der Waals surface area contributed by atoms with Gasteiger partial charge in [0.2, 0.25) is 11.8 Å². The van der Waals surface area contributed by atoms with Gasteiger partial charge in [-0.2, -0.15) is 0 Å². The molecule has 0 spiro atoms. The third kappa shape index (κ3) is 12.3. The van der Waals surface area contributed by atoms with Crippen molar-refractivity contribution in [2.75, 3.05) is 17.7 Å². The summed E-state index contributed by atoms with van der Waals surface area (Å²) < 4.78 is 42.5. The molecule has 0 aliphatic heterocycles. The number of ether oxygens (including phenoxy) is 3. The molecule has 0 aliphatic rings. The lowest BCUT2D eigenvalue weighted by atomic mass is 10.1. The maximum Gasteiger partial charge on any atom is 0.341 e. The minimum absolute atomic E-state index is 0.0346. The zero-order valence-electron chi connectivity index (χ0n) is 34.2. The van der Waals surface area contributed by atoms with Crippen LogP contribution in [0.5, 0.6) is 23.0 Å². The topological polar surface area (TPSA) is 313 Å². The number of aromatic nitrogens is 4. The molecule has 0 aliphatic carbocycles. The summed E-state index contributed by atoms with van der Waals surface area (Å²) in [6.07, 6.45) is 0. The molecule has 6 aromatic rings. The number of halogens is 2. The smallest absolute Gasteiger partial charge is 0.341 e. The summed E-state index contributed by atoms with van der Waals surface area (Å²) in [5.41, 5.74) is 22.3. The summed E-state index contributed by atoms with van der Waals surface area (Å²) in [7, 11) is 1.20. The number of hydrogen-bond acceptors (Lipinski definition) is 15. The number of esters is 1. The van der Waals surface area contributed by atoms with Crippen molar-refractivity contribution in [3.05, 3.63) is 131 Å². The lowest BCUT2D eigenvalue weighted by molar-refractivity contribution is -0.119. The average Bonchev–Trinajstić information content (AvgIpc) is 3.27. The van der Waals surface area contributed by atoms with Crippen LogP contribution in [0, 0.1) is 11.6 Å². The molecule has 11 N–H and O–H groups in total. The lowest BCUT2D eigenvalue weighted by Gasteiger charge is -2.14. The van der Waals surface area contributed by atoms with Crippen LogP contribution in [0.4, 0.5) is 20.4 Å². The molecule has 4 amide bonds. The van der Waals surface area contributed by atoms with Gasteiger partial charge in [-0.1, -0.05) is 0 Å². The fourth-order valence-electron chi connectivity index (χ4n) is 5.37. The molecule has 0 radical (unpaired) electrons. The van der Waals surface area contributed by atoms with Crippen LogP contribution in [0.1, 0.15) is 50.7 Å². The van der Waals surface area contributed by atoms with Gasteiger partial charge in [0.25, 0.3) is 11.8 Å². The fraction of sp³-hybridized carbons (Fsp3) is 0.140. The van der Waals surface area contributed by atoms with E-state index in [1.807, 2.05) is 0 Å². The number of nitrogens with two attached hydrogens (primary N) is 4. The summed E-state index contributed by atoms with van der Waals surface area (Å²) in [5, 5.41) is 15.3. The van der Waals surface area contributed by atoms with Crippen molar-refractivity contribution in [3.8, 4) is 45.8 Å². The number of aliphatic hydroxyl groups excluding tert-OH is 1. The van der Waals surface area contributed by atoms with E-state index in [0.29, 0.717) is 33.9 Å². The number of anilines is 2. The van der Waals surface area contributed by atoms with Crippen molar-refractivity contribution in [2.45, 2.75) is 32.5 Å². The minimum Gasteiger partial charge on any atom is -0.465 e. The number of nitrogens with one attached hydrogen (secondary N) is 2. The Bertz CT molecular complexity index is 2710. The second kappa shape index (κ2) is 20.8. The molecule has 19 nitrogen and oxygen atoms in total. The molecule has 2 atom stereocenters. The maximum absolute atomic E-state index is 13.2. The van der Waals surface area contributed by atoms with E-state index in [1.165, 1.54) is 86.8 Å². The van der Waals surface area contributed by atoms with E-state index < -0.39 is 53.3 Å². The van der Waals surface area contributed by atoms with Gasteiger partial charge in [0.1, 0.15) is 75.3 Å². The second-order valence-electron chi connectivity index (χ2n) is 13.5. The van der Waals surface area contributed by atoms with E-state index in [9.17, 15) is 37.9 Å². The Morgan fingerprint density at radius 1 is 0.609 bits per heavy atom. The molecule has 64 heavy (non-hydrogen) atoms. The number of methoxy groups -OCH3 is 1. The number of nitrogens with zero attached hydrogens (tertiary/aromatic N) is 4. The highest BCUT2D eigenvalue weighted by atomic mass is 19.1. The summed E-state index contributed by atoms with van der Waals surface area (Å²) in [6.45, 7) is 2.70. The first-order valence-electron chi connectivity index (χ1n) is 18.8. The van der Waals surface area contributed by atoms with Crippen molar-refractivity contribution in [3.63, 3.8) is 0 Å². The van der Waals surface area contributed by atoms with Gasteiger partial charge >= 0.3 is 5.97 Å². The van der Waals surface area contributed by atoms with Gasteiger partial charge < -0.3 is 52.9 Å². The summed E-state index contributed by atoms with van der Waals surface area (Å²) >= 11 is 0. The van der Waals surface area contributed by atoms with Crippen LogP contribution < -0.4 is 43.0 Å². The molecule has 2 aromatic heterocycles. The first-order chi connectivity index (χ1) is 30.4. The second-order valence-corrected chi connectivity index (χ2v) is 13.5. The number of carbonyl (C=O) groups excluding carboxylic acids is 5. The Balaban J connectivity index is 0.000000241. The van der Waals surface area contributed by atoms with Crippen LogP contribution in [0.15, 0.2) is 97.1 Å². The summed E-state index contributed by atoms with van der Waals surface area (Å²) in [4.78, 5) is 75.4. The molecule has 0 bridgehead atoms. The van der Waals surface area contributed by atoms with Crippen molar-refractivity contribution >= 4 is 41.2 Å². The fourth-order valence-corrected chi connectivity index (χ4v) is 5.37. The third-order valence-corrected chi connectivity index (χ3v) is 8.75. The Labute approximate surface area is 362 Å². The van der Waals surface area contributed by atoms with Crippen LogP contribution in [0.3, 0.4) is 0 Å². The highest BCUT2D eigenvalue weighted by Crippen LogP contribution is 2.32. The molecule has 6 rings (SSSR count). The Hall–Kier alpha value is -8.59. The first-order valence-corrected chi connectivity index (χ1v) is 18.8. The molecule has 0 saturated heterocycles. The molecule has 0 unspecified atom stereocenters. The predicted octanol–water partition coefficient (Wildman–Crippen LogP) is 4.20. The van der Waals surface area contributed by atoms with Crippen molar-refractivity contribution < 1.29 is 52.1 Å². The number of hydrogen-bond donors (Lipinski definition) is 7. The number of rotatable bonds is 16. The molecule has 21 heteroatoms. The van der Waals surface area contributed by atoms with Crippen LogP contribution in [0.2, 0.25) is 0 Å². The molecular formula is C43H40F2N10O9. The van der Waals surface area contributed by atoms with Gasteiger partial charge in [-0.05, 0) is 98.8 Å². The quantitative estimate of drug-likeness (QED) is 0.0670. The van der Waals surface area contributed by atoms with Crippen LogP contribution in [-0.4, -0.2) is 73.8 Å². The monoisotopic (exact) mass is 878 g/mol. The van der Waals surface area contributed by atoms with E-state index in [0.717, 1.165) is 0 Å². The van der Waals surface area contributed by atoms with Gasteiger partial charge in [-0.3, -0.25) is 19.2 Å². The van der Waals surface area contributed by atoms with Gasteiger partial charge in [-0.25, -0.2) is 33.5 Å². The zero-order chi connectivity index (χ0) is 46.7. The van der Waals surface area contributed by atoms with Crippen LogP contribution in [-0.2, 0) is 20.9 Å². The van der Waals surface area contributed by atoms with Crippen LogP contribution >= 0.6 is 0 Å². The van der Waals surface area contributed by atoms with Crippen molar-refractivity contribution in [1.29, 1.82) is 0 Å². The number of amides is 4. The summed E-state index contributed by atoms with van der Waals surface area (Å²) in [5.74, 6) is -2.70. The molecule has 2 heterocycles. The van der Waals surface area contributed by atoms with Gasteiger partial charge in [0.05, 0.1) is 13.7 Å². The SMILES string of the molecule is COC(=O)c1cc(-c2nc(N[C@@H](C)C(N)=O)cc(C(N)=O)n2)ccc1Oc1ccc(F)cc1.C[C@H](Nc1cc(C(N)=O)nc(-c2ccc(Oc3ccc(F)cc3)c(CO)c2)n1)C(N)=O. The van der Waals surface area contributed by atoms with E-state index in [1.54, 1.807) is 31.2 Å². The number of aliphatic hydroxyl groups is 1. The van der Waals surface area contributed by atoms with Gasteiger partial charge in [-0.15, -0.1) is 0 Å². The number of carbonyl (C=O) groups is 5. The highest BCUT2D eigenvalue weighted by Gasteiger charge is 2.20. The molecule has 0 saturated carbocycles. The van der Waals surface area contributed by atoms with Crippen molar-refractivity contribution in [2.24, 2.45) is 22.9 Å². The van der Waals surface area contributed by atoms with Crippen molar-refractivity contribution in [1.82, 2.24) is 19.9 Å². The molecule has 4 aromatic carbocycles.